The van der Waals surface area contributed by atoms with Crippen LogP contribution in [0.2, 0.25) is 0 Å². The molecule has 108 valence electrons. The summed E-state index contributed by atoms with van der Waals surface area (Å²) in [6, 6.07) is 7.66. The van der Waals surface area contributed by atoms with Gasteiger partial charge in [0.25, 0.3) is 0 Å². The summed E-state index contributed by atoms with van der Waals surface area (Å²) < 4.78 is 5.38. The van der Waals surface area contributed by atoms with Gasteiger partial charge < -0.3 is 10.1 Å². The van der Waals surface area contributed by atoms with Crippen molar-refractivity contribution >= 4 is 5.91 Å². The molecule has 0 aliphatic carbocycles. The second-order valence-electron chi connectivity index (χ2n) is 4.97. The van der Waals surface area contributed by atoms with E-state index in [0.717, 1.165) is 29.7 Å². The maximum atomic E-state index is 12.0. The molecule has 3 rings (SSSR count). The van der Waals surface area contributed by atoms with Crippen LogP contribution in [-0.4, -0.2) is 28.6 Å². The molecule has 5 heteroatoms. The molecule has 3 heterocycles. The normalized spacial score (nSPS) is 17.6. The smallest absolute Gasteiger partial charge is 0.249 e. The van der Waals surface area contributed by atoms with E-state index >= 15 is 0 Å². The Bertz CT molecular complexity index is 610. The number of rotatable bonds is 4. The van der Waals surface area contributed by atoms with E-state index in [1.165, 1.54) is 0 Å². The SMILES string of the molecule is O=C(NCc1cccnc1-c1ccncc1)[C@H]1CCCO1. The van der Waals surface area contributed by atoms with Gasteiger partial charge in [0.2, 0.25) is 5.91 Å². The standard InChI is InChI=1S/C16H17N3O2/c20-16(14-4-2-10-21-14)19-11-13-3-1-7-18-15(13)12-5-8-17-9-6-12/h1,3,5-9,14H,2,4,10-11H2,(H,19,20)/t14-/m1/s1. The molecule has 2 aromatic rings. The highest BCUT2D eigenvalue weighted by Gasteiger charge is 2.23. The lowest BCUT2D eigenvalue weighted by atomic mass is 10.1. The third kappa shape index (κ3) is 3.25. The zero-order valence-corrected chi connectivity index (χ0v) is 11.7. The van der Waals surface area contributed by atoms with E-state index in [9.17, 15) is 4.79 Å². The Morgan fingerprint density at radius 1 is 1.29 bits per heavy atom. The third-order valence-corrected chi connectivity index (χ3v) is 3.52. The van der Waals surface area contributed by atoms with E-state index in [2.05, 4.69) is 15.3 Å². The van der Waals surface area contributed by atoms with Crippen molar-refractivity contribution < 1.29 is 9.53 Å². The largest absolute Gasteiger partial charge is 0.368 e. The molecule has 1 aliphatic rings. The molecule has 0 radical (unpaired) electrons. The molecule has 0 unspecified atom stereocenters. The minimum atomic E-state index is -0.300. The molecule has 0 bridgehead atoms. The number of carbonyl (C=O) groups excluding carboxylic acids is 1. The second kappa shape index (κ2) is 6.45. The number of hydrogen-bond donors (Lipinski definition) is 1. The number of aromatic nitrogens is 2. The lowest BCUT2D eigenvalue weighted by Gasteiger charge is -2.12. The van der Waals surface area contributed by atoms with Crippen LogP contribution in [0.25, 0.3) is 11.3 Å². The zero-order chi connectivity index (χ0) is 14.5. The van der Waals surface area contributed by atoms with Crippen LogP contribution in [0, 0.1) is 0 Å². The Morgan fingerprint density at radius 2 is 2.14 bits per heavy atom. The fourth-order valence-electron chi connectivity index (χ4n) is 2.43. The lowest BCUT2D eigenvalue weighted by Crippen LogP contribution is -2.33. The molecule has 0 saturated carbocycles. The van der Waals surface area contributed by atoms with Crippen LogP contribution in [-0.2, 0) is 16.1 Å². The molecule has 2 aromatic heterocycles. The van der Waals surface area contributed by atoms with E-state index in [1.54, 1.807) is 18.6 Å². The number of ether oxygens (including phenoxy) is 1. The molecule has 1 amide bonds. The summed E-state index contributed by atoms with van der Waals surface area (Å²) in [5.74, 6) is -0.0444. The molecular formula is C16H17N3O2. The molecule has 1 atom stereocenters. The van der Waals surface area contributed by atoms with Gasteiger partial charge in [0.05, 0.1) is 5.69 Å². The van der Waals surface area contributed by atoms with E-state index in [4.69, 9.17) is 4.74 Å². The fraction of sp³-hybridized carbons (Fsp3) is 0.312. The molecular weight excluding hydrogens is 266 g/mol. The van der Waals surface area contributed by atoms with Crippen molar-refractivity contribution in [3.05, 3.63) is 48.4 Å². The summed E-state index contributed by atoms with van der Waals surface area (Å²) in [6.45, 7) is 1.12. The van der Waals surface area contributed by atoms with Gasteiger partial charge in [-0.25, -0.2) is 0 Å². The first-order valence-electron chi connectivity index (χ1n) is 7.08. The van der Waals surface area contributed by atoms with Crippen molar-refractivity contribution in [1.82, 2.24) is 15.3 Å². The van der Waals surface area contributed by atoms with Crippen LogP contribution in [0.5, 0.6) is 0 Å². The minimum absolute atomic E-state index is 0.0444. The molecule has 1 N–H and O–H groups in total. The van der Waals surface area contributed by atoms with Crippen molar-refractivity contribution in [1.29, 1.82) is 0 Å². The Balaban J connectivity index is 1.72. The van der Waals surface area contributed by atoms with Gasteiger partial charge in [-0.3, -0.25) is 14.8 Å². The van der Waals surface area contributed by atoms with Crippen LogP contribution in [0.1, 0.15) is 18.4 Å². The molecule has 0 aromatic carbocycles. The van der Waals surface area contributed by atoms with Gasteiger partial charge in [0.1, 0.15) is 6.10 Å². The topological polar surface area (TPSA) is 64.1 Å². The number of hydrogen-bond acceptors (Lipinski definition) is 4. The number of amides is 1. The summed E-state index contributed by atoms with van der Waals surface area (Å²) in [6.07, 6.45) is 6.67. The van der Waals surface area contributed by atoms with E-state index in [-0.39, 0.29) is 12.0 Å². The lowest BCUT2D eigenvalue weighted by molar-refractivity contribution is -0.130. The maximum Gasteiger partial charge on any atom is 0.249 e. The quantitative estimate of drug-likeness (QED) is 0.931. The molecule has 21 heavy (non-hydrogen) atoms. The highest BCUT2D eigenvalue weighted by atomic mass is 16.5. The van der Waals surface area contributed by atoms with Gasteiger partial charge in [0.15, 0.2) is 0 Å². The third-order valence-electron chi connectivity index (χ3n) is 3.52. The van der Waals surface area contributed by atoms with Gasteiger partial charge >= 0.3 is 0 Å². The molecule has 5 nitrogen and oxygen atoms in total. The maximum absolute atomic E-state index is 12.0. The summed E-state index contributed by atoms with van der Waals surface area (Å²) in [7, 11) is 0. The molecule has 1 fully saturated rings. The molecule has 1 saturated heterocycles. The second-order valence-corrected chi connectivity index (χ2v) is 4.97. The monoisotopic (exact) mass is 283 g/mol. The summed E-state index contributed by atoms with van der Waals surface area (Å²) in [5, 5.41) is 2.93. The van der Waals surface area contributed by atoms with Crippen molar-refractivity contribution in [3.63, 3.8) is 0 Å². The highest BCUT2D eigenvalue weighted by Crippen LogP contribution is 2.20. The Morgan fingerprint density at radius 3 is 2.90 bits per heavy atom. The van der Waals surface area contributed by atoms with Crippen LogP contribution in [0.4, 0.5) is 0 Å². The van der Waals surface area contributed by atoms with E-state index < -0.39 is 0 Å². The predicted octanol–water partition coefficient (Wildman–Crippen LogP) is 1.94. The van der Waals surface area contributed by atoms with Gasteiger partial charge in [-0.05, 0) is 36.6 Å². The van der Waals surface area contributed by atoms with Crippen molar-refractivity contribution in [2.75, 3.05) is 6.61 Å². The highest BCUT2D eigenvalue weighted by molar-refractivity contribution is 5.81. The zero-order valence-electron chi connectivity index (χ0n) is 11.7. The first-order valence-corrected chi connectivity index (χ1v) is 7.08. The summed E-state index contributed by atoms with van der Waals surface area (Å²) in [4.78, 5) is 20.4. The number of carbonyl (C=O) groups is 1. The van der Waals surface area contributed by atoms with Gasteiger partial charge in [0, 0.05) is 37.3 Å². The van der Waals surface area contributed by atoms with Crippen LogP contribution in [0.3, 0.4) is 0 Å². The van der Waals surface area contributed by atoms with Gasteiger partial charge in [-0.1, -0.05) is 6.07 Å². The summed E-state index contributed by atoms with van der Waals surface area (Å²) in [5.41, 5.74) is 2.84. The average Bonchev–Trinajstić information content (AvgIpc) is 3.08. The molecule has 0 spiro atoms. The predicted molar refractivity (Wildman–Crippen MR) is 78.3 cm³/mol. The van der Waals surface area contributed by atoms with Crippen molar-refractivity contribution in [3.8, 4) is 11.3 Å². The van der Waals surface area contributed by atoms with E-state index in [0.29, 0.717) is 13.2 Å². The number of nitrogens with zero attached hydrogens (tertiary/aromatic N) is 2. The number of pyridine rings is 2. The first kappa shape index (κ1) is 13.7. The van der Waals surface area contributed by atoms with Crippen LogP contribution >= 0.6 is 0 Å². The Kier molecular flexibility index (Phi) is 4.21. The first-order chi connectivity index (χ1) is 10.3. The van der Waals surface area contributed by atoms with Crippen molar-refractivity contribution in [2.24, 2.45) is 0 Å². The van der Waals surface area contributed by atoms with Gasteiger partial charge in [-0.15, -0.1) is 0 Å². The average molecular weight is 283 g/mol. The Labute approximate surface area is 123 Å². The van der Waals surface area contributed by atoms with Gasteiger partial charge in [-0.2, -0.15) is 0 Å². The van der Waals surface area contributed by atoms with Crippen molar-refractivity contribution in [2.45, 2.75) is 25.5 Å². The minimum Gasteiger partial charge on any atom is -0.368 e. The van der Waals surface area contributed by atoms with E-state index in [1.807, 2.05) is 24.3 Å². The summed E-state index contributed by atoms with van der Waals surface area (Å²) >= 11 is 0. The van der Waals surface area contributed by atoms with Crippen LogP contribution in [0.15, 0.2) is 42.9 Å². The molecule has 1 aliphatic heterocycles. The Hall–Kier alpha value is -2.27. The van der Waals surface area contributed by atoms with Crippen LogP contribution < -0.4 is 5.32 Å². The fourth-order valence-corrected chi connectivity index (χ4v) is 2.43. The number of nitrogens with one attached hydrogen (secondary N) is 1.